The standard InChI is InChI=1S/C20H26O3/c1-13(2)22-19(21)23-18-5-3-17(4-6-18)20-10-14-7-15(11-20)9-16(8-14)12-20/h3-6,13-16H,7-12H2,1-2H3. The number of hydrogen-bond acceptors (Lipinski definition) is 3. The second-order valence-corrected chi connectivity index (χ2v) is 8.24. The number of benzene rings is 1. The molecule has 3 heteroatoms. The summed E-state index contributed by atoms with van der Waals surface area (Å²) >= 11 is 0. The zero-order chi connectivity index (χ0) is 16.0. The van der Waals surface area contributed by atoms with E-state index in [1.807, 2.05) is 26.0 Å². The fourth-order valence-corrected chi connectivity index (χ4v) is 5.65. The molecule has 1 aromatic rings. The molecule has 4 bridgehead atoms. The van der Waals surface area contributed by atoms with E-state index in [1.165, 1.54) is 44.1 Å². The van der Waals surface area contributed by atoms with Crippen LogP contribution in [0.3, 0.4) is 0 Å². The third-order valence-corrected chi connectivity index (χ3v) is 6.04. The highest BCUT2D eigenvalue weighted by Crippen LogP contribution is 2.60. The van der Waals surface area contributed by atoms with Crippen LogP contribution < -0.4 is 4.74 Å². The van der Waals surface area contributed by atoms with Crippen LogP contribution in [0.5, 0.6) is 5.75 Å². The van der Waals surface area contributed by atoms with E-state index in [0.29, 0.717) is 11.2 Å². The highest BCUT2D eigenvalue weighted by atomic mass is 16.7. The van der Waals surface area contributed by atoms with Crippen LogP contribution in [0.1, 0.15) is 57.9 Å². The summed E-state index contributed by atoms with van der Waals surface area (Å²) in [5.41, 5.74) is 1.84. The van der Waals surface area contributed by atoms with Crippen molar-refractivity contribution in [3.05, 3.63) is 29.8 Å². The number of carbonyl (C=O) groups is 1. The maximum atomic E-state index is 11.6. The van der Waals surface area contributed by atoms with Crippen molar-refractivity contribution in [2.75, 3.05) is 0 Å². The van der Waals surface area contributed by atoms with Gasteiger partial charge in [0, 0.05) is 0 Å². The first-order valence-electron chi connectivity index (χ1n) is 9.01. The van der Waals surface area contributed by atoms with E-state index in [4.69, 9.17) is 9.47 Å². The summed E-state index contributed by atoms with van der Waals surface area (Å²) in [4.78, 5) is 11.6. The lowest BCUT2D eigenvalue weighted by atomic mass is 9.48. The molecule has 0 aliphatic heterocycles. The molecule has 4 fully saturated rings. The van der Waals surface area contributed by atoms with Gasteiger partial charge >= 0.3 is 6.16 Å². The highest BCUT2D eigenvalue weighted by molar-refractivity contribution is 5.64. The van der Waals surface area contributed by atoms with E-state index < -0.39 is 6.16 Å². The Labute approximate surface area is 138 Å². The van der Waals surface area contributed by atoms with Crippen molar-refractivity contribution in [2.24, 2.45) is 17.8 Å². The Hall–Kier alpha value is -1.51. The molecule has 0 aromatic heterocycles. The van der Waals surface area contributed by atoms with Gasteiger partial charge in [0.05, 0.1) is 6.10 Å². The molecule has 4 aliphatic rings. The van der Waals surface area contributed by atoms with Crippen molar-refractivity contribution in [1.82, 2.24) is 0 Å². The van der Waals surface area contributed by atoms with Crippen molar-refractivity contribution in [3.8, 4) is 5.75 Å². The van der Waals surface area contributed by atoms with Gasteiger partial charge < -0.3 is 9.47 Å². The quantitative estimate of drug-likeness (QED) is 0.576. The zero-order valence-corrected chi connectivity index (χ0v) is 14.1. The minimum atomic E-state index is -0.623. The molecule has 5 rings (SSSR count). The largest absolute Gasteiger partial charge is 0.514 e. The molecule has 124 valence electrons. The third kappa shape index (κ3) is 2.86. The van der Waals surface area contributed by atoms with Crippen LogP contribution in [0.2, 0.25) is 0 Å². The van der Waals surface area contributed by atoms with Crippen LogP contribution in [-0.4, -0.2) is 12.3 Å². The number of hydrogen-bond donors (Lipinski definition) is 0. The Morgan fingerprint density at radius 1 is 1.00 bits per heavy atom. The molecular weight excluding hydrogens is 288 g/mol. The summed E-state index contributed by atoms with van der Waals surface area (Å²) in [6, 6.07) is 8.20. The van der Waals surface area contributed by atoms with Gasteiger partial charge in [-0.15, -0.1) is 0 Å². The normalized spacial score (nSPS) is 34.7. The van der Waals surface area contributed by atoms with E-state index >= 15 is 0 Å². The van der Waals surface area contributed by atoms with Gasteiger partial charge in [-0.05, 0) is 93.2 Å². The van der Waals surface area contributed by atoms with Crippen LogP contribution in [0.15, 0.2) is 24.3 Å². The molecule has 0 unspecified atom stereocenters. The first-order valence-corrected chi connectivity index (χ1v) is 9.01. The second kappa shape index (κ2) is 5.54. The lowest BCUT2D eigenvalue weighted by molar-refractivity contribution is -0.00520. The number of ether oxygens (including phenoxy) is 2. The van der Waals surface area contributed by atoms with Crippen molar-refractivity contribution in [2.45, 2.75) is 63.9 Å². The summed E-state index contributed by atoms with van der Waals surface area (Å²) < 4.78 is 10.3. The Morgan fingerprint density at radius 2 is 1.52 bits per heavy atom. The van der Waals surface area contributed by atoms with Crippen LogP contribution in [-0.2, 0) is 10.2 Å². The van der Waals surface area contributed by atoms with Crippen LogP contribution in [0, 0.1) is 17.8 Å². The summed E-state index contributed by atoms with van der Waals surface area (Å²) in [7, 11) is 0. The van der Waals surface area contributed by atoms with Gasteiger partial charge in [0.1, 0.15) is 5.75 Å². The van der Waals surface area contributed by atoms with Gasteiger partial charge in [-0.1, -0.05) is 12.1 Å². The molecule has 3 nitrogen and oxygen atoms in total. The van der Waals surface area contributed by atoms with Crippen LogP contribution in [0.4, 0.5) is 4.79 Å². The summed E-state index contributed by atoms with van der Waals surface area (Å²) in [6.45, 7) is 3.63. The molecule has 1 aromatic carbocycles. The summed E-state index contributed by atoms with van der Waals surface area (Å²) in [5, 5.41) is 0. The lowest BCUT2D eigenvalue weighted by Crippen LogP contribution is -2.48. The molecule has 0 amide bonds. The van der Waals surface area contributed by atoms with Crippen molar-refractivity contribution in [3.63, 3.8) is 0 Å². The van der Waals surface area contributed by atoms with Crippen LogP contribution >= 0.6 is 0 Å². The fourth-order valence-electron chi connectivity index (χ4n) is 5.65. The minimum absolute atomic E-state index is 0.159. The summed E-state index contributed by atoms with van der Waals surface area (Å²) in [5.74, 6) is 3.40. The van der Waals surface area contributed by atoms with Crippen LogP contribution in [0.25, 0.3) is 0 Å². The highest BCUT2D eigenvalue weighted by Gasteiger charge is 2.51. The molecule has 4 saturated carbocycles. The number of carbonyl (C=O) groups excluding carboxylic acids is 1. The third-order valence-electron chi connectivity index (χ3n) is 6.04. The molecule has 0 N–H and O–H groups in total. The van der Waals surface area contributed by atoms with E-state index in [9.17, 15) is 4.79 Å². The second-order valence-electron chi connectivity index (χ2n) is 8.24. The predicted molar refractivity (Wildman–Crippen MR) is 88.5 cm³/mol. The predicted octanol–water partition coefficient (Wildman–Crippen LogP) is 5.08. The topological polar surface area (TPSA) is 35.5 Å². The first-order chi connectivity index (χ1) is 11.0. The Bertz CT molecular complexity index is 552. The Balaban J connectivity index is 1.49. The van der Waals surface area contributed by atoms with Gasteiger partial charge in [-0.2, -0.15) is 0 Å². The maximum absolute atomic E-state index is 11.6. The zero-order valence-electron chi connectivity index (χ0n) is 14.1. The monoisotopic (exact) mass is 314 g/mol. The summed E-state index contributed by atoms with van der Waals surface area (Å²) in [6.07, 6.45) is 7.67. The Morgan fingerprint density at radius 3 is 2.00 bits per heavy atom. The SMILES string of the molecule is CC(C)OC(=O)Oc1ccc(C23CC4CC(CC(C4)C2)C3)cc1. The molecule has 0 saturated heterocycles. The maximum Gasteiger partial charge on any atom is 0.514 e. The molecule has 0 spiro atoms. The number of rotatable bonds is 3. The van der Waals surface area contributed by atoms with E-state index in [2.05, 4.69) is 12.1 Å². The van der Waals surface area contributed by atoms with Gasteiger partial charge in [-0.3, -0.25) is 0 Å². The fraction of sp³-hybridized carbons (Fsp3) is 0.650. The van der Waals surface area contributed by atoms with E-state index in [1.54, 1.807) is 0 Å². The van der Waals surface area contributed by atoms with Crippen molar-refractivity contribution >= 4 is 6.16 Å². The van der Waals surface area contributed by atoms with Gasteiger partial charge in [0.2, 0.25) is 0 Å². The molecule has 0 heterocycles. The van der Waals surface area contributed by atoms with Gasteiger partial charge in [-0.25, -0.2) is 4.79 Å². The Kier molecular flexibility index (Phi) is 3.62. The average molecular weight is 314 g/mol. The van der Waals surface area contributed by atoms with Crippen molar-refractivity contribution in [1.29, 1.82) is 0 Å². The molecule has 4 aliphatic carbocycles. The van der Waals surface area contributed by atoms with Crippen molar-refractivity contribution < 1.29 is 14.3 Å². The smallest absolute Gasteiger partial charge is 0.431 e. The minimum Gasteiger partial charge on any atom is -0.431 e. The molecular formula is C20H26O3. The lowest BCUT2D eigenvalue weighted by Gasteiger charge is -2.57. The van der Waals surface area contributed by atoms with Gasteiger partial charge in [0.15, 0.2) is 0 Å². The average Bonchev–Trinajstić information content (AvgIpc) is 2.45. The molecule has 0 atom stereocenters. The van der Waals surface area contributed by atoms with E-state index in [0.717, 1.165) is 17.8 Å². The van der Waals surface area contributed by atoms with Gasteiger partial charge in [0.25, 0.3) is 0 Å². The molecule has 23 heavy (non-hydrogen) atoms. The first kappa shape index (κ1) is 15.0. The van der Waals surface area contributed by atoms with E-state index in [-0.39, 0.29) is 6.10 Å². The molecule has 0 radical (unpaired) electrons.